The van der Waals surface area contributed by atoms with Crippen molar-refractivity contribution in [1.82, 2.24) is 5.32 Å². The minimum atomic E-state index is -2.86. The molecule has 3 nitrogen and oxygen atoms in total. The first-order chi connectivity index (χ1) is 7.87. The second-order valence-electron chi connectivity index (χ2n) is 7.22. The summed E-state index contributed by atoms with van der Waals surface area (Å²) in [5.74, 6) is 0.923. The van der Waals surface area contributed by atoms with Gasteiger partial charge in [0.1, 0.15) is 9.84 Å². The predicted molar refractivity (Wildman–Crippen MR) is 79.6 cm³/mol. The second kappa shape index (κ2) is 6.38. The van der Waals surface area contributed by atoms with Gasteiger partial charge in [-0.3, -0.25) is 0 Å². The maximum absolute atomic E-state index is 11.6. The Morgan fingerprint density at radius 1 is 1.06 bits per heavy atom. The van der Waals surface area contributed by atoms with Crippen LogP contribution in [0.3, 0.4) is 0 Å². The normalized spacial score (nSPS) is 15.7. The highest BCUT2D eigenvalue weighted by atomic mass is 32.2. The van der Waals surface area contributed by atoms with Crippen LogP contribution in [-0.2, 0) is 9.84 Å². The van der Waals surface area contributed by atoms with Crippen LogP contribution in [0.1, 0.15) is 54.9 Å². The molecule has 0 aliphatic carbocycles. The molecule has 0 radical (unpaired) electrons. The molecule has 0 heterocycles. The van der Waals surface area contributed by atoms with E-state index in [1.54, 1.807) is 6.92 Å². The molecule has 0 saturated heterocycles. The van der Waals surface area contributed by atoms with Crippen LogP contribution < -0.4 is 5.32 Å². The lowest BCUT2D eigenvalue weighted by atomic mass is 9.79. The van der Waals surface area contributed by atoms with Crippen LogP contribution in [0.4, 0.5) is 0 Å². The molecular weight excluding hydrogens is 246 g/mol. The predicted octanol–water partition coefficient (Wildman–Crippen LogP) is 2.86. The van der Waals surface area contributed by atoms with E-state index in [1.807, 2.05) is 0 Å². The summed E-state index contributed by atoms with van der Waals surface area (Å²) in [6.07, 6.45) is 0.739. The molecule has 0 aromatic rings. The Morgan fingerprint density at radius 2 is 1.56 bits per heavy atom. The van der Waals surface area contributed by atoms with Crippen molar-refractivity contribution in [3.05, 3.63) is 0 Å². The van der Waals surface area contributed by atoms with E-state index in [-0.39, 0.29) is 16.7 Å². The van der Waals surface area contributed by atoms with Gasteiger partial charge in [0, 0.05) is 11.3 Å². The monoisotopic (exact) mass is 277 g/mol. The zero-order chi connectivity index (χ0) is 14.6. The largest absolute Gasteiger partial charge is 0.312 e. The maximum atomic E-state index is 11.6. The molecule has 0 bridgehead atoms. The van der Waals surface area contributed by atoms with Gasteiger partial charge in [-0.1, -0.05) is 27.7 Å². The van der Waals surface area contributed by atoms with Gasteiger partial charge in [-0.2, -0.15) is 0 Å². The summed E-state index contributed by atoms with van der Waals surface area (Å²) in [6.45, 7) is 15.5. The van der Waals surface area contributed by atoms with E-state index in [0.717, 1.165) is 13.0 Å². The average molecular weight is 277 g/mol. The summed E-state index contributed by atoms with van der Waals surface area (Å²) in [4.78, 5) is 0. The van der Waals surface area contributed by atoms with Gasteiger partial charge in [-0.15, -0.1) is 0 Å². The van der Waals surface area contributed by atoms with Gasteiger partial charge in [0.2, 0.25) is 0 Å². The molecule has 0 rings (SSSR count). The number of sulfone groups is 1. The molecule has 1 atom stereocenters. The average Bonchev–Trinajstić information content (AvgIpc) is 2.13. The van der Waals surface area contributed by atoms with E-state index in [1.165, 1.54) is 0 Å². The molecular formula is C14H31NO2S. The van der Waals surface area contributed by atoms with Gasteiger partial charge in [-0.25, -0.2) is 8.42 Å². The highest BCUT2D eigenvalue weighted by molar-refractivity contribution is 7.91. The third-order valence-electron chi connectivity index (χ3n) is 3.32. The number of rotatable bonds is 6. The lowest BCUT2D eigenvalue weighted by Crippen LogP contribution is -2.42. The van der Waals surface area contributed by atoms with Crippen molar-refractivity contribution in [1.29, 1.82) is 0 Å². The van der Waals surface area contributed by atoms with E-state index in [2.05, 4.69) is 46.9 Å². The van der Waals surface area contributed by atoms with E-state index >= 15 is 0 Å². The van der Waals surface area contributed by atoms with Crippen LogP contribution in [0.5, 0.6) is 0 Å². The van der Waals surface area contributed by atoms with Crippen molar-refractivity contribution < 1.29 is 8.42 Å². The molecule has 0 amide bonds. The standard InChI is InChI=1S/C14H31NO2S/c1-8-18(16,17)10-9-12(13(2,3)4)11-15-14(5,6)7/h12,15H,8-11H2,1-7H3. The van der Waals surface area contributed by atoms with Crippen LogP contribution >= 0.6 is 0 Å². The van der Waals surface area contributed by atoms with E-state index in [0.29, 0.717) is 11.7 Å². The van der Waals surface area contributed by atoms with Crippen molar-refractivity contribution in [2.75, 3.05) is 18.1 Å². The van der Waals surface area contributed by atoms with Crippen LogP contribution in [0.25, 0.3) is 0 Å². The molecule has 0 saturated carbocycles. The molecule has 0 aromatic carbocycles. The molecule has 0 spiro atoms. The molecule has 0 aliphatic heterocycles. The maximum Gasteiger partial charge on any atom is 0.150 e. The smallest absolute Gasteiger partial charge is 0.150 e. The van der Waals surface area contributed by atoms with Crippen molar-refractivity contribution in [2.24, 2.45) is 11.3 Å². The van der Waals surface area contributed by atoms with Crippen LogP contribution in [-0.4, -0.2) is 32.0 Å². The summed E-state index contributed by atoms with van der Waals surface area (Å²) in [5, 5.41) is 3.49. The molecule has 1 N–H and O–H groups in total. The number of hydrogen-bond donors (Lipinski definition) is 1. The fourth-order valence-electron chi connectivity index (χ4n) is 1.74. The number of nitrogens with one attached hydrogen (secondary N) is 1. The van der Waals surface area contributed by atoms with Crippen molar-refractivity contribution >= 4 is 9.84 Å². The Bertz CT molecular complexity index is 334. The Hall–Kier alpha value is -0.0900. The summed E-state index contributed by atoms with van der Waals surface area (Å²) in [7, 11) is -2.86. The van der Waals surface area contributed by atoms with Gasteiger partial charge >= 0.3 is 0 Å². The molecule has 18 heavy (non-hydrogen) atoms. The van der Waals surface area contributed by atoms with Gasteiger partial charge in [-0.05, 0) is 45.1 Å². The summed E-state index contributed by atoms with van der Waals surface area (Å²) < 4.78 is 23.2. The van der Waals surface area contributed by atoms with Crippen LogP contribution in [0.2, 0.25) is 0 Å². The topological polar surface area (TPSA) is 46.2 Å². The third kappa shape index (κ3) is 8.09. The zero-order valence-electron chi connectivity index (χ0n) is 13.1. The van der Waals surface area contributed by atoms with Gasteiger partial charge in [0.15, 0.2) is 0 Å². The van der Waals surface area contributed by atoms with Crippen molar-refractivity contribution in [3.63, 3.8) is 0 Å². The Kier molecular flexibility index (Phi) is 6.34. The van der Waals surface area contributed by atoms with E-state index < -0.39 is 9.84 Å². The van der Waals surface area contributed by atoms with Gasteiger partial charge in [0.25, 0.3) is 0 Å². The van der Waals surface area contributed by atoms with Crippen LogP contribution in [0.15, 0.2) is 0 Å². The van der Waals surface area contributed by atoms with E-state index in [9.17, 15) is 8.42 Å². The number of hydrogen-bond acceptors (Lipinski definition) is 3. The minimum absolute atomic E-state index is 0.0765. The fourth-order valence-corrected chi connectivity index (χ4v) is 2.67. The van der Waals surface area contributed by atoms with Crippen LogP contribution in [0, 0.1) is 11.3 Å². The lowest BCUT2D eigenvalue weighted by molar-refractivity contribution is 0.210. The van der Waals surface area contributed by atoms with E-state index in [4.69, 9.17) is 0 Å². The first-order valence-electron chi connectivity index (χ1n) is 6.83. The lowest BCUT2D eigenvalue weighted by Gasteiger charge is -2.34. The van der Waals surface area contributed by atoms with Gasteiger partial charge in [0.05, 0.1) is 5.75 Å². The molecule has 1 unspecified atom stereocenters. The molecule has 4 heteroatoms. The minimum Gasteiger partial charge on any atom is -0.312 e. The van der Waals surface area contributed by atoms with Crippen molar-refractivity contribution in [3.8, 4) is 0 Å². The third-order valence-corrected chi connectivity index (χ3v) is 5.06. The SMILES string of the molecule is CCS(=O)(=O)CCC(CNC(C)(C)C)C(C)(C)C. The highest BCUT2D eigenvalue weighted by Gasteiger charge is 2.27. The summed E-state index contributed by atoms with van der Waals surface area (Å²) >= 11 is 0. The molecule has 0 aliphatic rings. The Balaban J connectivity index is 4.53. The molecule has 110 valence electrons. The summed E-state index contributed by atoms with van der Waals surface area (Å²) in [6, 6.07) is 0. The molecule has 0 aromatic heterocycles. The molecule has 0 fully saturated rings. The highest BCUT2D eigenvalue weighted by Crippen LogP contribution is 2.29. The zero-order valence-corrected chi connectivity index (χ0v) is 13.9. The first kappa shape index (κ1) is 17.9. The quantitative estimate of drug-likeness (QED) is 0.812. The summed E-state index contributed by atoms with van der Waals surface area (Å²) in [5.41, 5.74) is 0.203. The second-order valence-corrected chi connectivity index (χ2v) is 9.69. The van der Waals surface area contributed by atoms with Gasteiger partial charge < -0.3 is 5.32 Å². The first-order valence-corrected chi connectivity index (χ1v) is 8.65. The van der Waals surface area contributed by atoms with Crippen molar-refractivity contribution in [2.45, 2.75) is 60.4 Å². The Labute approximate surface area is 114 Å². The fraction of sp³-hybridized carbons (Fsp3) is 1.00. The Morgan fingerprint density at radius 3 is 1.89 bits per heavy atom.